The Labute approximate surface area is 99.3 Å². The molecule has 1 aromatic carbocycles. The third-order valence-electron chi connectivity index (χ3n) is 2.17. The van der Waals surface area contributed by atoms with E-state index in [1.54, 1.807) is 18.4 Å². The molecule has 0 unspecified atom stereocenters. The molecule has 0 spiro atoms. The highest BCUT2D eigenvalue weighted by molar-refractivity contribution is 6.09. The highest BCUT2D eigenvalue weighted by Crippen LogP contribution is 2.04. The Hall–Kier alpha value is -2.36. The number of ether oxygens (including phenoxy) is 1. The molecule has 1 heterocycles. The van der Waals surface area contributed by atoms with Gasteiger partial charge in [0, 0.05) is 6.20 Å². The molecule has 1 N–H and O–H groups in total. The summed E-state index contributed by atoms with van der Waals surface area (Å²) in [5, 5.41) is 3.80. The average Bonchev–Trinajstić information content (AvgIpc) is 2.66. The van der Waals surface area contributed by atoms with Gasteiger partial charge in [-0.3, -0.25) is 5.43 Å². The van der Waals surface area contributed by atoms with Crippen LogP contribution in [0.3, 0.4) is 0 Å². The summed E-state index contributed by atoms with van der Waals surface area (Å²) in [5.74, 6) is -0.383. The maximum Gasteiger partial charge on any atom is 0.340 e. The van der Waals surface area contributed by atoms with Gasteiger partial charge in [-0.05, 0) is 17.7 Å². The number of hydrogen-bond donors (Lipinski definition) is 1. The van der Waals surface area contributed by atoms with Crippen LogP contribution in [0.5, 0.6) is 0 Å². The van der Waals surface area contributed by atoms with Gasteiger partial charge in [-0.1, -0.05) is 30.3 Å². The summed E-state index contributed by atoms with van der Waals surface area (Å²) >= 11 is 0. The molecular formula is C13H12N2O2. The van der Waals surface area contributed by atoms with E-state index in [0.29, 0.717) is 5.57 Å². The number of carbonyl (C=O) groups is 1. The van der Waals surface area contributed by atoms with Gasteiger partial charge in [-0.15, -0.1) is 0 Å². The van der Waals surface area contributed by atoms with Crippen LogP contribution >= 0.6 is 0 Å². The largest absolute Gasteiger partial charge is 0.457 e. The van der Waals surface area contributed by atoms with E-state index in [0.717, 1.165) is 5.56 Å². The van der Waals surface area contributed by atoms with Crippen molar-refractivity contribution in [3.05, 3.63) is 59.8 Å². The van der Waals surface area contributed by atoms with Gasteiger partial charge in [-0.25, -0.2) is 4.79 Å². The van der Waals surface area contributed by atoms with Crippen LogP contribution in [0.4, 0.5) is 0 Å². The zero-order chi connectivity index (χ0) is 11.9. The first kappa shape index (κ1) is 11.1. The van der Waals surface area contributed by atoms with Gasteiger partial charge in [0.15, 0.2) is 0 Å². The van der Waals surface area contributed by atoms with E-state index in [4.69, 9.17) is 4.74 Å². The van der Waals surface area contributed by atoms with Gasteiger partial charge in [0.25, 0.3) is 0 Å². The maximum atomic E-state index is 11.7. The van der Waals surface area contributed by atoms with E-state index in [1.807, 2.05) is 30.3 Å². The molecule has 0 saturated carbocycles. The van der Waals surface area contributed by atoms with Crippen LogP contribution in [-0.4, -0.2) is 12.2 Å². The highest BCUT2D eigenvalue weighted by Gasteiger charge is 2.08. The summed E-state index contributed by atoms with van der Waals surface area (Å²) in [6, 6.07) is 9.54. The number of nitrogens with zero attached hydrogens (tertiary/aromatic N) is 1. The highest BCUT2D eigenvalue weighted by atomic mass is 16.5. The van der Waals surface area contributed by atoms with Gasteiger partial charge in [0.2, 0.25) is 0 Å². The zero-order valence-corrected chi connectivity index (χ0v) is 9.17. The summed E-state index contributed by atoms with van der Waals surface area (Å²) in [5.41, 5.74) is 4.01. The van der Waals surface area contributed by atoms with Crippen molar-refractivity contribution in [2.45, 2.75) is 6.61 Å². The second kappa shape index (κ2) is 5.65. The lowest BCUT2D eigenvalue weighted by Crippen LogP contribution is -2.09. The van der Waals surface area contributed by atoms with E-state index in [-0.39, 0.29) is 12.6 Å². The number of hydrogen-bond acceptors (Lipinski definition) is 4. The molecule has 1 aliphatic heterocycles. The Kier molecular flexibility index (Phi) is 3.70. The second-order valence-corrected chi connectivity index (χ2v) is 3.43. The minimum Gasteiger partial charge on any atom is -0.457 e. The number of carbonyl (C=O) groups excluding carboxylic acids is 1. The lowest BCUT2D eigenvalue weighted by molar-refractivity contribution is -0.139. The molecule has 0 fully saturated rings. The van der Waals surface area contributed by atoms with E-state index in [9.17, 15) is 4.79 Å². The molecule has 0 amide bonds. The standard InChI is InChI=1S/C13H12N2O2/c16-13(12-7-4-8-14-15-9-12)17-10-11-5-2-1-3-6-11/h1-9,14H,10H2. The van der Waals surface area contributed by atoms with Gasteiger partial charge < -0.3 is 4.74 Å². The van der Waals surface area contributed by atoms with E-state index >= 15 is 0 Å². The fraction of sp³-hybridized carbons (Fsp3) is 0.0769. The lowest BCUT2D eigenvalue weighted by atomic mass is 10.2. The molecule has 1 aliphatic rings. The quantitative estimate of drug-likeness (QED) is 0.802. The maximum absolute atomic E-state index is 11.7. The van der Waals surface area contributed by atoms with Gasteiger partial charge in [-0.2, -0.15) is 5.10 Å². The predicted molar refractivity (Wildman–Crippen MR) is 65.1 cm³/mol. The minimum absolute atomic E-state index is 0.266. The number of benzene rings is 1. The molecule has 0 atom stereocenters. The van der Waals surface area contributed by atoms with Crippen molar-refractivity contribution in [3.63, 3.8) is 0 Å². The van der Waals surface area contributed by atoms with E-state index in [2.05, 4.69) is 10.5 Å². The number of esters is 1. The number of allylic oxidation sites excluding steroid dienone is 2. The molecule has 0 aliphatic carbocycles. The molecule has 86 valence electrons. The zero-order valence-electron chi connectivity index (χ0n) is 9.17. The molecule has 0 radical (unpaired) electrons. The monoisotopic (exact) mass is 228 g/mol. The third-order valence-corrected chi connectivity index (χ3v) is 2.17. The fourth-order valence-corrected chi connectivity index (χ4v) is 1.31. The number of hydrazone groups is 1. The molecule has 2 rings (SSSR count). The summed E-state index contributed by atoms with van der Waals surface area (Å²) in [6.07, 6.45) is 6.42. The summed E-state index contributed by atoms with van der Waals surface area (Å²) < 4.78 is 5.16. The van der Waals surface area contributed by atoms with Gasteiger partial charge in [0.1, 0.15) is 6.61 Å². The topological polar surface area (TPSA) is 50.7 Å². The molecule has 1 aromatic rings. The first-order valence-corrected chi connectivity index (χ1v) is 5.23. The first-order chi connectivity index (χ1) is 8.36. The molecule has 0 saturated heterocycles. The van der Waals surface area contributed by atoms with Crippen LogP contribution in [0.15, 0.2) is 59.4 Å². The predicted octanol–water partition coefficient (Wildman–Crippen LogP) is 1.76. The average molecular weight is 228 g/mol. The van der Waals surface area contributed by atoms with E-state index < -0.39 is 0 Å². The van der Waals surface area contributed by atoms with Crippen LogP contribution in [0.25, 0.3) is 0 Å². The van der Waals surface area contributed by atoms with E-state index in [1.165, 1.54) is 6.21 Å². The first-order valence-electron chi connectivity index (χ1n) is 5.23. The lowest BCUT2D eigenvalue weighted by Gasteiger charge is -2.04. The van der Waals surface area contributed by atoms with Gasteiger partial charge in [0.05, 0.1) is 11.8 Å². The van der Waals surface area contributed by atoms with Crippen LogP contribution in [-0.2, 0) is 16.1 Å². The third kappa shape index (κ3) is 3.31. The second-order valence-electron chi connectivity index (χ2n) is 3.43. The van der Waals surface area contributed by atoms with Crippen LogP contribution < -0.4 is 5.43 Å². The minimum atomic E-state index is -0.383. The SMILES string of the molecule is O=C(OCc1ccccc1)C1=CC=CNN=C1. The van der Waals surface area contributed by atoms with Crippen molar-refractivity contribution in [2.24, 2.45) is 5.10 Å². The van der Waals surface area contributed by atoms with Gasteiger partial charge >= 0.3 is 5.97 Å². The Morgan fingerprint density at radius 3 is 2.94 bits per heavy atom. The van der Waals surface area contributed by atoms with Crippen molar-refractivity contribution >= 4 is 12.2 Å². The summed E-state index contributed by atoms with van der Waals surface area (Å²) in [4.78, 5) is 11.7. The number of nitrogens with one attached hydrogen (secondary N) is 1. The summed E-state index contributed by atoms with van der Waals surface area (Å²) in [7, 11) is 0. The molecule has 4 nitrogen and oxygen atoms in total. The van der Waals surface area contributed by atoms with Crippen molar-refractivity contribution in [1.82, 2.24) is 5.43 Å². The summed E-state index contributed by atoms with van der Waals surface area (Å²) in [6.45, 7) is 0.266. The Morgan fingerprint density at radius 1 is 1.29 bits per heavy atom. The fourth-order valence-electron chi connectivity index (χ4n) is 1.31. The van der Waals surface area contributed by atoms with Crippen molar-refractivity contribution in [1.29, 1.82) is 0 Å². The Balaban J connectivity index is 1.94. The normalized spacial score (nSPS) is 13.5. The molecular weight excluding hydrogens is 216 g/mol. The van der Waals surface area contributed by atoms with Crippen molar-refractivity contribution in [3.8, 4) is 0 Å². The molecule has 4 heteroatoms. The van der Waals surface area contributed by atoms with Crippen molar-refractivity contribution in [2.75, 3.05) is 0 Å². The molecule has 0 aromatic heterocycles. The van der Waals surface area contributed by atoms with Crippen LogP contribution in [0.2, 0.25) is 0 Å². The Morgan fingerprint density at radius 2 is 2.12 bits per heavy atom. The smallest absolute Gasteiger partial charge is 0.340 e. The van der Waals surface area contributed by atoms with Crippen LogP contribution in [0, 0.1) is 0 Å². The van der Waals surface area contributed by atoms with Crippen molar-refractivity contribution < 1.29 is 9.53 Å². The molecule has 17 heavy (non-hydrogen) atoms. The Bertz CT molecular complexity index is 475. The molecule has 0 bridgehead atoms. The van der Waals surface area contributed by atoms with Crippen LogP contribution in [0.1, 0.15) is 5.56 Å². The number of rotatable bonds is 3.